The first-order valence-corrected chi connectivity index (χ1v) is 5.86. The SMILES string of the molecule is CNc1nc(NCCN(C)C)nc(-n2cncn2)n1. The summed E-state index contributed by atoms with van der Waals surface area (Å²) in [5, 5.41) is 10.0. The molecule has 9 nitrogen and oxygen atoms in total. The van der Waals surface area contributed by atoms with Crippen LogP contribution in [0.2, 0.25) is 0 Å². The van der Waals surface area contributed by atoms with E-state index in [0.717, 1.165) is 13.1 Å². The summed E-state index contributed by atoms with van der Waals surface area (Å²) in [5.41, 5.74) is 0. The molecule has 0 unspecified atom stereocenters. The molecule has 2 rings (SSSR count). The van der Waals surface area contributed by atoms with Gasteiger partial charge in [0.1, 0.15) is 12.7 Å². The lowest BCUT2D eigenvalue weighted by molar-refractivity contribution is 0.425. The van der Waals surface area contributed by atoms with Gasteiger partial charge in [-0.15, -0.1) is 0 Å². The van der Waals surface area contributed by atoms with Crippen molar-refractivity contribution in [3.63, 3.8) is 0 Å². The highest BCUT2D eigenvalue weighted by molar-refractivity contribution is 5.37. The van der Waals surface area contributed by atoms with Crippen LogP contribution in [0.1, 0.15) is 0 Å². The maximum absolute atomic E-state index is 4.29. The minimum atomic E-state index is 0.421. The number of rotatable bonds is 6. The highest BCUT2D eigenvalue weighted by Gasteiger charge is 2.07. The molecule has 0 bridgehead atoms. The van der Waals surface area contributed by atoms with Crippen molar-refractivity contribution in [2.45, 2.75) is 0 Å². The molecule has 0 aliphatic heterocycles. The molecule has 0 aliphatic carbocycles. The minimum Gasteiger partial charge on any atom is -0.357 e. The molecule has 2 N–H and O–H groups in total. The van der Waals surface area contributed by atoms with Gasteiger partial charge in [0.15, 0.2) is 0 Å². The van der Waals surface area contributed by atoms with Gasteiger partial charge in [0.05, 0.1) is 0 Å². The van der Waals surface area contributed by atoms with Crippen LogP contribution >= 0.6 is 0 Å². The molecule has 0 radical (unpaired) electrons. The van der Waals surface area contributed by atoms with Gasteiger partial charge in [-0.1, -0.05) is 0 Å². The number of aromatic nitrogens is 6. The summed E-state index contributed by atoms with van der Waals surface area (Å²) in [6.07, 6.45) is 2.97. The molecule has 0 saturated carbocycles. The standard InChI is InChI=1S/C10H17N9/c1-11-8-15-9(13-4-5-18(2)3)17-10(16-8)19-7-12-6-14-19/h6-7H,4-5H2,1-3H3,(H2,11,13,15,16,17). The molecule has 2 aromatic heterocycles. The summed E-state index contributed by atoms with van der Waals surface area (Å²) >= 11 is 0. The third kappa shape index (κ3) is 3.58. The van der Waals surface area contributed by atoms with Crippen molar-refractivity contribution in [1.82, 2.24) is 34.6 Å². The van der Waals surface area contributed by atoms with Crippen molar-refractivity contribution in [2.75, 3.05) is 44.9 Å². The fraction of sp³-hybridized carbons (Fsp3) is 0.500. The summed E-state index contributed by atoms with van der Waals surface area (Å²) in [6.45, 7) is 1.64. The van der Waals surface area contributed by atoms with Crippen molar-refractivity contribution in [3.8, 4) is 5.95 Å². The highest BCUT2D eigenvalue weighted by atomic mass is 15.4. The summed E-state index contributed by atoms with van der Waals surface area (Å²) < 4.78 is 1.49. The quantitative estimate of drug-likeness (QED) is 0.718. The molecule has 2 aromatic rings. The van der Waals surface area contributed by atoms with Crippen molar-refractivity contribution in [2.24, 2.45) is 0 Å². The predicted molar refractivity (Wildman–Crippen MR) is 71.3 cm³/mol. The second-order valence-corrected chi connectivity index (χ2v) is 4.10. The number of nitrogens with zero attached hydrogens (tertiary/aromatic N) is 7. The normalized spacial score (nSPS) is 10.7. The van der Waals surface area contributed by atoms with Gasteiger partial charge < -0.3 is 15.5 Å². The number of likely N-dealkylation sites (N-methyl/N-ethyl adjacent to an activating group) is 1. The maximum Gasteiger partial charge on any atom is 0.258 e. The molecule has 19 heavy (non-hydrogen) atoms. The fourth-order valence-corrected chi connectivity index (χ4v) is 1.36. The third-order valence-electron chi connectivity index (χ3n) is 2.31. The first-order valence-electron chi connectivity index (χ1n) is 5.86. The van der Waals surface area contributed by atoms with Crippen LogP contribution in [-0.2, 0) is 0 Å². The van der Waals surface area contributed by atoms with E-state index in [1.165, 1.54) is 11.0 Å². The summed E-state index contributed by atoms with van der Waals surface area (Å²) in [7, 11) is 5.77. The van der Waals surface area contributed by atoms with E-state index in [9.17, 15) is 0 Å². The largest absolute Gasteiger partial charge is 0.357 e. The lowest BCUT2D eigenvalue weighted by Crippen LogP contribution is -2.22. The Morgan fingerprint density at radius 1 is 1.21 bits per heavy atom. The highest BCUT2D eigenvalue weighted by Crippen LogP contribution is 2.07. The number of hydrogen-bond donors (Lipinski definition) is 2. The van der Waals surface area contributed by atoms with Crippen molar-refractivity contribution in [3.05, 3.63) is 12.7 Å². The van der Waals surface area contributed by atoms with E-state index in [4.69, 9.17) is 0 Å². The summed E-state index contributed by atoms with van der Waals surface area (Å²) in [5.74, 6) is 1.41. The van der Waals surface area contributed by atoms with Crippen LogP contribution in [0.15, 0.2) is 12.7 Å². The van der Waals surface area contributed by atoms with Gasteiger partial charge in [-0.05, 0) is 14.1 Å². The first-order chi connectivity index (χ1) is 9.19. The van der Waals surface area contributed by atoms with Crippen LogP contribution in [0.3, 0.4) is 0 Å². The van der Waals surface area contributed by atoms with E-state index < -0.39 is 0 Å². The zero-order valence-corrected chi connectivity index (χ0v) is 11.2. The van der Waals surface area contributed by atoms with Crippen molar-refractivity contribution in [1.29, 1.82) is 0 Å². The lowest BCUT2D eigenvalue weighted by atomic mass is 10.6. The van der Waals surface area contributed by atoms with Gasteiger partial charge in [-0.2, -0.15) is 24.7 Å². The Balaban J connectivity index is 2.16. The molecule has 0 saturated heterocycles. The van der Waals surface area contributed by atoms with Crippen molar-refractivity contribution < 1.29 is 0 Å². The Labute approximate surface area is 111 Å². The van der Waals surface area contributed by atoms with Crippen LogP contribution in [-0.4, -0.2) is 68.8 Å². The van der Waals surface area contributed by atoms with Crippen LogP contribution < -0.4 is 10.6 Å². The van der Waals surface area contributed by atoms with Gasteiger partial charge in [0.25, 0.3) is 5.95 Å². The van der Waals surface area contributed by atoms with E-state index in [1.807, 2.05) is 14.1 Å². The Kier molecular flexibility index (Phi) is 4.18. The first kappa shape index (κ1) is 13.1. The third-order valence-corrected chi connectivity index (χ3v) is 2.31. The molecule has 0 spiro atoms. The maximum atomic E-state index is 4.29. The Hall–Kier alpha value is -2.29. The van der Waals surface area contributed by atoms with Gasteiger partial charge in [0.2, 0.25) is 11.9 Å². The average molecular weight is 263 g/mol. The van der Waals surface area contributed by atoms with E-state index in [-0.39, 0.29) is 0 Å². The lowest BCUT2D eigenvalue weighted by Gasteiger charge is -2.11. The van der Waals surface area contributed by atoms with Gasteiger partial charge in [-0.3, -0.25) is 0 Å². The zero-order chi connectivity index (χ0) is 13.7. The monoisotopic (exact) mass is 263 g/mol. The van der Waals surface area contributed by atoms with E-state index in [2.05, 4.69) is 40.6 Å². The minimum absolute atomic E-state index is 0.421. The Morgan fingerprint density at radius 3 is 2.63 bits per heavy atom. The molecule has 0 fully saturated rings. The molecule has 0 atom stereocenters. The summed E-state index contributed by atoms with van der Waals surface area (Å²) in [6, 6.07) is 0. The van der Waals surface area contributed by atoms with Gasteiger partial charge in [-0.25, -0.2) is 4.98 Å². The second-order valence-electron chi connectivity index (χ2n) is 4.10. The number of anilines is 2. The predicted octanol–water partition coefficient (Wildman–Crippen LogP) is -0.532. The molecular weight excluding hydrogens is 246 g/mol. The fourth-order valence-electron chi connectivity index (χ4n) is 1.36. The molecular formula is C10H17N9. The number of hydrogen-bond acceptors (Lipinski definition) is 8. The van der Waals surface area contributed by atoms with Crippen LogP contribution in [0.5, 0.6) is 0 Å². The Morgan fingerprint density at radius 2 is 2.00 bits per heavy atom. The van der Waals surface area contributed by atoms with E-state index in [0.29, 0.717) is 17.8 Å². The van der Waals surface area contributed by atoms with Crippen LogP contribution in [0.25, 0.3) is 5.95 Å². The molecule has 0 aromatic carbocycles. The topological polar surface area (TPSA) is 96.7 Å². The average Bonchev–Trinajstić information content (AvgIpc) is 2.92. The zero-order valence-electron chi connectivity index (χ0n) is 11.2. The summed E-state index contributed by atoms with van der Waals surface area (Å²) in [4.78, 5) is 18.7. The second kappa shape index (κ2) is 6.05. The number of nitrogens with one attached hydrogen (secondary N) is 2. The van der Waals surface area contributed by atoms with E-state index >= 15 is 0 Å². The van der Waals surface area contributed by atoms with Gasteiger partial charge >= 0.3 is 0 Å². The molecule has 9 heteroatoms. The Bertz CT molecular complexity index is 508. The molecule has 102 valence electrons. The van der Waals surface area contributed by atoms with E-state index in [1.54, 1.807) is 13.4 Å². The van der Waals surface area contributed by atoms with Crippen LogP contribution in [0.4, 0.5) is 11.9 Å². The smallest absolute Gasteiger partial charge is 0.258 e. The van der Waals surface area contributed by atoms with Gasteiger partial charge in [0, 0.05) is 20.1 Å². The molecule has 2 heterocycles. The molecule has 0 aliphatic rings. The van der Waals surface area contributed by atoms with Crippen molar-refractivity contribution >= 4 is 11.9 Å². The van der Waals surface area contributed by atoms with Crippen LogP contribution in [0, 0.1) is 0 Å². The molecule has 0 amide bonds.